The van der Waals surface area contributed by atoms with Crippen LogP contribution in [0.5, 0.6) is 0 Å². The molecule has 0 saturated carbocycles. The Morgan fingerprint density at radius 1 is 0.939 bits per heavy atom. The number of nitrogens with zero attached hydrogens (tertiary/aromatic N) is 5. The Balaban J connectivity index is 1.22. The molecule has 0 fully saturated rings. The number of nitrogens with two attached hydrogens (primary N) is 2. The van der Waals surface area contributed by atoms with E-state index in [1.807, 2.05) is 65.2 Å². The SMILES string of the molecule is CC(=O)Nc1cccc(-c2ccc3nc(-c4cccnc4N)n(-c4ccc(CNC(=O)c5cc(F)cc6sc(C(N)=O)nc56)cc4)c3n2)c1. The number of rotatable bonds is 8. The number of imidazole rings is 1. The molecule has 0 bridgehead atoms. The molecule has 4 aromatic heterocycles. The molecule has 4 heterocycles. The minimum absolute atomic E-state index is 0.00319. The number of nitrogen functional groups attached to an aromatic ring is 1. The van der Waals surface area contributed by atoms with Gasteiger partial charge in [-0.15, -0.1) is 11.3 Å². The zero-order chi connectivity index (χ0) is 34.2. The predicted octanol–water partition coefficient (Wildman–Crippen LogP) is 5.47. The molecule has 0 saturated heterocycles. The minimum atomic E-state index is -0.754. The average molecular weight is 672 g/mol. The van der Waals surface area contributed by atoms with E-state index in [-0.39, 0.29) is 28.5 Å². The maximum atomic E-state index is 14.3. The summed E-state index contributed by atoms with van der Waals surface area (Å²) in [6.07, 6.45) is 1.60. The number of primary amides is 1. The van der Waals surface area contributed by atoms with Gasteiger partial charge in [0, 0.05) is 36.6 Å². The number of aromatic nitrogens is 5. The van der Waals surface area contributed by atoms with E-state index in [2.05, 4.69) is 20.6 Å². The second-order valence-electron chi connectivity index (χ2n) is 11.0. The standard InChI is InChI=1S/C35H26FN9O3S/c1-18(46)41-22-5-2-4-20(14-22)26-11-12-27-33(42-26)45(32(43-27)24-6-3-13-39-30(24)37)23-9-7-19(8-10-23)17-40-34(48)25-15-21(36)16-28-29(25)44-35(49-28)31(38)47/h2-16H,17H2,1H3,(H2,37,39)(H2,38,47)(H,40,48)(H,41,46). The van der Waals surface area contributed by atoms with Gasteiger partial charge in [-0.05, 0) is 66.2 Å². The molecule has 14 heteroatoms. The number of fused-ring (bicyclic) bond motifs is 2. The van der Waals surface area contributed by atoms with Crippen LogP contribution in [0, 0.1) is 5.82 Å². The molecule has 0 aliphatic heterocycles. The molecule has 6 N–H and O–H groups in total. The fraction of sp³-hybridized carbons (Fsp3) is 0.0571. The Morgan fingerprint density at radius 2 is 1.76 bits per heavy atom. The van der Waals surface area contributed by atoms with Gasteiger partial charge in [0.2, 0.25) is 5.91 Å². The van der Waals surface area contributed by atoms with Crippen molar-refractivity contribution in [1.29, 1.82) is 0 Å². The van der Waals surface area contributed by atoms with Crippen LogP contribution >= 0.6 is 11.3 Å². The van der Waals surface area contributed by atoms with Crippen LogP contribution in [0.3, 0.4) is 0 Å². The van der Waals surface area contributed by atoms with E-state index in [1.165, 1.54) is 13.0 Å². The van der Waals surface area contributed by atoms with E-state index >= 15 is 0 Å². The summed E-state index contributed by atoms with van der Waals surface area (Å²) in [5.41, 5.74) is 17.2. The maximum Gasteiger partial charge on any atom is 0.277 e. The number of carbonyl (C=O) groups is 3. The van der Waals surface area contributed by atoms with Crippen molar-refractivity contribution in [1.82, 2.24) is 29.8 Å². The first-order chi connectivity index (χ1) is 23.6. The first kappa shape index (κ1) is 31.1. The fourth-order valence-corrected chi connectivity index (χ4v) is 6.29. The van der Waals surface area contributed by atoms with Gasteiger partial charge in [-0.1, -0.05) is 24.3 Å². The largest absolute Gasteiger partial charge is 0.383 e. The summed E-state index contributed by atoms with van der Waals surface area (Å²) < 4.78 is 16.6. The molecule has 12 nitrogen and oxygen atoms in total. The molecule has 7 aromatic rings. The van der Waals surface area contributed by atoms with Crippen LogP contribution in [0.4, 0.5) is 15.9 Å². The lowest BCUT2D eigenvalue weighted by Crippen LogP contribution is -2.23. The van der Waals surface area contributed by atoms with Crippen LogP contribution < -0.4 is 22.1 Å². The topological polar surface area (TPSA) is 184 Å². The molecular formula is C35H26FN9O3S. The van der Waals surface area contributed by atoms with Crippen LogP contribution in [0.2, 0.25) is 0 Å². The van der Waals surface area contributed by atoms with Crippen molar-refractivity contribution in [2.24, 2.45) is 5.73 Å². The third-order valence-corrected chi connectivity index (χ3v) is 8.64. The molecule has 242 valence electrons. The van der Waals surface area contributed by atoms with E-state index in [9.17, 15) is 18.8 Å². The average Bonchev–Trinajstić information content (AvgIpc) is 3.69. The molecule has 0 atom stereocenters. The van der Waals surface area contributed by atoms with E-state index < -0.39 is 17.6 Å². The van der Waals surface area contributed by atoms with Crippen molar-refractivity contribution in [2.75, 3.05) is 11.1 Å². The van der Waals surface area contributed by atoms with Crippen LogP contribution in [-0.2, 0) is 11.3 Å². The Hall–Kier alpha value is -6.54. The molecular weight excluding hydrogens is 646 g/mol. The summed E-state index contributed by atoms with van der Waals surface area (Å²) in [5, 5.41) is 5.60. The number of nitrogens with one attached hydrogen (secondary N) is 2. The number of thiazole rings is 1. The van der Waals surface area contributed by atoms with Crippen molar-refractivity contribution < 1.29 is 18.8 Å². The highest BCUT2D eigenvalue weighted by atomic mass is 32.1. The van der Waals surface area contributed by atoms with Crippen LogP contribution in [0.15, 0.2) is 91.1 Å². The molecule has 3 amide bonds. The Labute approximate surface area is 281 Å². The van der Waals surface area contributed by atoms with Crippen molar-refractivity contribution in [2.45, 2.75) is 13.5 Å². The minimum Gasteiger partial charge on any atom is -0.383 e. The number of anilines is 2. The molecule has 49 heavy (non-hydrogen) atoms. The van der Waals surface area contributed by atoms with Crippen molar-refractivity contribution in [3.63, 3.8) is 0 Å². The summed E-state index contributed by atoms with van der Waals surface area (Å²) in [4.78, 5) is 54.6. The smallest absolute Gasteiger partial charge is 0.277 e. The summed E-state index contributed by atoms with van der Waals surface area (Å²) in [5.74, 6) is -1.27. The molecule has 0 radical (unpaired) electrons. The second-order valence-corrected chi connectivity index (χ2v) is 12.1. The van der Waals surface area contributed by atoms with E-state index in [0.29, 0.717) is 44.5 Å². The van der Waals surface area contributed by atoms with Gasteiger partial charge in [0.1, 0.15) is 17.2 Å². The van der Waals surface area contributed by atoms with Crippen molar-refractivity contribution in [3.8, 4) is 28.3 Å². The molecule has 0 unspecified atom stereocenters. The fourth-order valence-electron chi connectivity index (χ4n) is 5.42. The van der Waals surface area contributed by atoms with E-state index in [1.54, 1.807) is 18.3 Å². The van der Waals surface area contributed by atoms with Gasteiger partial charge in [0.25, 0.3) is 11.8 Å². The number of hydrogen-bond acceptors (Lipinski definition) is 9. The van der Waals surface area contributed by atoms with E-state index in [4.69, 9.17) is 21.4 Å². The lowest BCUT2D eigenvalue weighted by atomic mass is 10.1. The highest BCUT2D eigenvalue weighted by molar-refractivity contribution is 7.20. The lowest BCUT2D eigenvalue weighted by molar-refractivity contribution is -0.114. The van der Waals surface area contributed by atoms with E-state index in [0.717, 1.165) is 34.2 Å². The van der Waals surface area contributed by atoms with Gasteiger partial charge in [-0.25, -0.2) is 24.3 Å². The summed E-state index contributed by atoms with van der Waals surface area (Å²) >= 11 is 0.924. The Bertz CT molecular complexity index is 2440. The maximum absolute atomic E-state index is 14.3. The number of hydrogen-bond donors (Lipinski definition) is 4. The van der Waals surface area contributed by atoms with Crippen molar-refractivity contribution in [3.05, 3.63) is 113 Å². The summed E-state index contributed by atoms with van der Waals surface area (Å²) in [6.45, 7) is 1.58. The van der Waals surface area contributed by atoms with Crippen LogP contribution in [-0.4, -0.2) is 42.2 Å². The predicted molar refractivity (Wildman–Crippen MR) is 186 cm³/mol. The first-order valence-electron chi connectivity index (χ1n) is 14.9. The number of pyridine rings is 2. The third kappa shape index (κ3) is 6.15. The zero-order valence-corrected chi connectivity index (χ0v) is 26.6. The number of halogens is 1. The van der Waals surface area contributed by atoms with Crippen LogP contribution in [0.25, 0.3) is 49.7 Å². The molecule has 0 aliphatic rings. The monoisotopic (exact) mass is 671 g/mol. The number of amides is 3. The highest BCUT2D eigenvalue weighted by Crippen LogP contribution is 2.32. The number of benzene rings is 3. The van der Waals surface area contributed by atoms with Gasteiger partial charge < -0.3 is 22.1 Å². The third-order valence-electron chi connectivity index (χ3n) is 7.63. The molecule has 7 rings (SSSR count). The second kappa shape index (κ2) is 12.6. The van der Waals surface area contributed by atoms with Crippen molar-refractivity contribution >= 4 is 61.9 Å². The molecule has 3 aromatic carbocycles. The Kier molecular flexibility index (Phi) is 7.98. The lowest BCUT2D eigenvalue weighted by Gasteiger charge is -2.12. The van der Waals surface area contributed by atoms with Gasteiger partial charge in [-0.3, -0.25) is 19.0 Å². The molecule has 0 spiro atoms. The van der Waals surface area contributed by atoms with Gasteiger partial charge >= 0.3 is 0 Å². The summed E-state index contributed by atoms with van der Waals surface area (Å²) in [6, 6.07) is 24.5. The van der Waals surface area contributed by atoms with Gasteiger partial charge in [0.15, 0.2) is 16.5 Å². The van der Waals surface area contributed by atoms with Gasteiger partial charge in [0.05, 0.1) is 27.0 Å². The zero-order valence-electron chi connectivity index (χ0n) is 25.8. The number of carbonyl (C=O) groups excluding carboxylic acids is 3. The highest BCUT2D eigenvalue weighted by Gasteiger charge is 2.20. The summed E-state index contributed by atoms with van der Waals surface area (Å²) in [7, 11) is 0. The van der Waals surface area contributed by atoms with Crippen LogP contribution in [0.1, 0.15) is 32.6 Å². The quantitative estimate of drug-likeness (QED) is 0.164. The first-order valence-corrected chi connectivity index (χ1v) is 15.7. The Morgan fingerprint density at radius 3 is 2.51 bits per heavy atom. The normalized spacial score (nSPS) is 11.1. The molecule has 0 aliphatic carbocycles. The van der Waals surface area contributed by atoms with Gasteiger partial charge in [-0.2, -0.15) is 0 Å².